The van der Waals surface area contributed by atoms with Gasteiger partial charge in [0.25, 0.3) is 0 Å². The second-order valence-electron chi connectivity index (χ2n) is 6.50. The number of hydrogen-bond acceptors (Lipinski definition) is 4. The third-order valence-electron chi connectivity index (χ3n) is 4.86. The number of nitrogens with zero attached hydrogens (tertiary/aromatic N) is 1. The molecule has 1 aromatic rings. The summed E-state index contributed by atoms with van der Waals surface area (Å²) < 4.78 is 5.83. The fraction of sp³-hybridized carbons (Fsp3) is 0.647. The van der Waals surface area contributed by atoms with Gasteiger partial charge in [0.2, 0.25) is 0 Å². The van der Waals surface area contributed by atoms with E-state index >= 15 is 0 Å². The predicted octanol–water partition coefficient (Wildman–Crippen LogP) is 1.45. The lowest BCUT2D eigenvalue weighted by Crippen LogP contribution is -2.47. The minimum Gasteiger partial charge on any atom is -0.493 e. The van der Waals surface area contributed by atoms with Crippen LogP contribution in [0.3, 0.4) is 0 Å². The van der Waals surface area contributed by atoms with Crippen LogP contribution in [0.4, 0.5) is 0 Å². The molecule has 0 amide bonds. The highest BCUT2D eigenvalue weighted by Crippen LogP contribution is 2.28. The van der Waals surface area contributed by atoms with Crippen molar-refractivity contribution in [2.24, 2.45) is 5.92 Å². The van der Waals surface area contributed by atoms with Crippen LogP contribution in [-0.2, 0) is 6.42 Å². The molecule has 116 valence electrons. The topological polar surface area (TPSA) is 52.9 Å². The molecule has 0 aliphatic carbocycles. The van der Waals surface area contributed by atoms with Crippen LogP contribution in [0.5, 0.6) is 5.75 Å². The molecule has 3 rings (SSSR count). The fourth-order valence-electron chi connectivity index (χ4n) is 3.39. The van der Waals surface area contributed by atoms with Gasteiger partial charge in [-0.3, -0.25) is 0 Å². The average molecular weight is 291 g/mol. The summed E-state index contributed by atoms with van der Waals surface area (Å²) in [6, 6.07) is 8.32. The molecule has 21 heavy (non-hydrogen) atoms. The normalized spacial score (nSPS) is 25.7. The molecule has 1 aromatic carbocycles. The number of hydrogen-bond donors (Lipinski definition) is 2. The zero-order valence-electron chi connectivity index (χ0n) is 12.5. The van der Waals surface area contributed by atoms with Gasteiger partial charge in [-0.25, -0.2) is 0 Å². The molecule has 1 saturated heterocycles. The predicted molar refractivity (Wildman–Crippen MR) is 81.5 cm³/mol. The van der Waals surface area contributed by atoms with E-state index in [0.29, 0.717) is 18.8 Å². The van der Waals surface area contributed by atoms with Gasteiger partial charge in [0, 0.05) is 19.6 Å². The van der Waals surface area contributed by atoms with E-state index in [2.05, 4.69) is 23.1 Å². The molecule has 1 atom stereocenters. The molecular weight excluding hydrogens is 266 g/mol. The van der Waals surface area contributed by atoms with Gasteiger partial charge in [-0.05, 0) is 43.2 Å². The lowest BCUT2D eigenvalue weighted by molar-refractivity contribution is -0.0613. The Morgan fingerprint density at radius 2 is 2.00 bits per heavy atom. The third-order valence-corrected chi connectivity index (χ3v) is 4.86. The summed E-state index contributed by atoms with van der Waals surface area (Å²) in [5, 5.41) is 19.3. The number of piperidine rings is 1. The number of fused-ring (bicyclic) bond motifs is 1. The van der Waals surface area contributed by atoms with E-state index in [0.717, 1.165) is 44.8 Å². The molecule has 2 aliphatic heterocycles. The van der Waals surface area contributed by atoms with E-state index in [1.807, 2.05) is 6.07 Å². The molecule has 0 saturated carbocycles. The van der Waals surface area contributed by atoms with Gasteiger partial charge in [0.1, 0.15) is 5.75 Å². The fourth-order valence-corrected chi connectivity index (χ4v) is 3.39. The summed E-state index contributed by atoms with van der Waals surface area (Å²) in [7, 11) is 0. The third kappa shape index (κ3) is 3.57. The first-order chi connectivity index (χ1) is 10.2. The van der Waals surface area contributed by atoms with Crippen LogP contribution in [0.1, 0.15) is 24.8 Å². The standard InChI is InChI=1S/C17H25NO3/c19-13-17(20)6-8-18(9-7-17)12-14-5-10-21-16-4-2-1-3-15(16)11-14/h1-4,14,19-20H,5-13H2/t14-/m1/s1. The summed E-state index contributed by atoms with van der Waals surface area (Å²) in [6.07, 6.45) is 3.49. The zero-order valence-corrected chi connectivity index (χ0v) is 12.5. The van der Waals surface area contributed by atoms with Gasteiger partial charge in [0.15, 0.2) is 0 Å². The SMILES string of the molecule is OCC1(O)CCN(C[C@@H]2CCOc3ccccc3C2)CC1. The van der Waals surface area contributed by atoms with Crippen molar-refractivity contribution in [1.29, 1.82) is 0 Å². The van der Waals surface area contributed by atoms with Crippen LogP contribution in [0.15, 0.2) is 24.3 Å². The first kappa shape index (κ1) is 14.8. The monoisotopic (exact) mass is 291 g/mol. The van der Waals surface area contributed by atoms with E-state index in [-0.39, 0.29) is 6.61 Å². The van der Waals surface area contributed by atoms with Crippen molar-refractivity contribution in [2.75, 3.05) is 32.8 Å². The van der Waals surface area contributed by atoms with E-state index < -0.39 is 5.60 Å². The summed E-state index contributed by atoms with van der Waals surface area (Å²) in [5.41, 5.74) is 0.458. The second kappa shape index (κ2) is 6.34. The van der Waals surface area contributed by atoms with Crippen LogP contribution in [-0.4, -0.2) is 53.6 Å². The molecular formula is C17H25NO3. The van der Waals surface area contributed by atoms with Gasteiger partial charge >= 0.3 is 0 Å². The first-order valence-electron chi connectivity index (χ1n) is 7.95. The van der Waals surface area contributed by atoms with Crippen molar-refractivity contribution in [2.45, 2.75) is 31.3 Å². The molecule has 2 heterocycles. The van der Waals surface area contributed by atoms with Crippen LogP contribution < -0.4 is 4.74 Å². The Balaban J connectivity index is 1.57. The number of ether oxygens (including phenoxy) is 1. The van der Waals surface area contributed by atoms with Gasteiger partial charge < -0.3 is 19.8 Å². The molecule has 2 aliphatic rings. The summed E-state index contributed by atoms with van der Waals surface area (Å²) >= 11 is 0. The van der Waals surface area contributed by atoms with Gasteiger partial charge in [-0.15, -0.1) is 0 Å². The number of aliphatic hydroxyl groups is 2. The maximum absolute atomic E-state index is 10.1. The van der Waals surface area contributed by atoms with Crippen LogP contribution in [0, 0.1) is 5.92 Å². The average Bonchev–Trinajstić information content (AvgIpc) is 2.71. The molecule has 0 unspecified atom stereocenters. The minimum atomic E-state index is -0.852. The largest absolute Gasteiger partial charge is 0.493 e. The van der Waals surface area contributed by atoms with Crippen molar-refractivity contribution in [3.05, 3.63) is 29.8 Å². The highest BCUT2D eigenvalue weighted by molar-refractivity contribution is 5.34. The highest BCUT2D eigenvalue weighted by Gasteiger charge is 2.32. The number of benzene rings is 1. The maximum atomic E-state index is 10.1. The molecule has 0 spiro atoms. The number of aliphatic hydroxyl groups excluding tert-OH is 1. The lowest BCUT2D eigenvalue weighted by atomic mass is 9.90. The van der Waals surface area contributed by atoms with E-state index in [1.54, 1.807) is 0 Å². The van der Waals surface area contributed by atoms with Gasteiger partial charge in [-0.1, -0.05) is 18.2 Å². The summed E-state index contributed by atoms with van der Waals surface area (Å²) in [5.74, 6) is 1.64. The van der Waals surface area contributed by atoms with Crippen molar-refractivity contribution < 1.29 is 14.9 Å². The van der Waals surface area contributed by atoms with Gasteiger partial charge in [0.05, 0.1) is 18.8 Å². The number of rotatable bonds is 3. The zero-order chi connectivity index (χ0) is 14.7. The van der Waals surface area contributed by atoms with E-state index in [1.165, 1.54) is 5.56 Å². The second-order valence-corrected chi connectivity index (χ2v) is 6.50. The molecule has 0 radical (unpaired) electrons. The molecule has 2 N–H and O–H groups in total. The maximum Gasteiger partial charge on any atom is 0.122 e. The van der Waals surface area contributed by atoms with Crippen LogP contribution in [0.25, 0.3) is 0 Å². The van der Waals surface area contributed by atoms with Crippen molar-refractivity contribution in [3.63, 3.8) is 0 Å². The Morgan fingerprint density at radius 3 is 2.76 bits per heavy atom. The molecule has 4 heteroatoms. The Labute approximate surface area is 126 Å². The van der Waals surface area contributed by atoms with E-state index in [4.69, 9.17) is 4.74 Å². The minimum absolute atomic E-state index is 0.120. The summed E-state index contributed by atoms with van der Waals surface area (Å²) in [6.45, 7) is 3.47. The molecule has 0 bridgehead atoms. The molecule has 0 aromatic heterocycles. The van der Waals surface area contributed by atoms with Crippen molar-refractivity contribution in [1.82, 2.24) is 4.90 Å². The number of para-hydroxylation sites is 1. The smallest absolute Gasteiger partial charge is 0.122 e. The number of likely N-dealkylation sites (tertiary alicyclic amines) is 1. The summed E-state index contributed by atoms with van der Waals surface area (Å²) in [4.78, 5) is 2.42. The lowest BCUT2D eigenvalue weighted by Gasteiger charge is -2.38. The molecule has 4 nitrogen and oxygen atoms in total. The van der Waals surface area contributed by atoms with Crippen LogP contribution >= 0.6 is 0 Å². The van der Waals surface area contributed by atoms with Crippen molar-refractivity contribution >= 4 is 0 Å². The van der Waals surface area contributed by atoms with Crippen LogP contribution in [0.2, 0.25) is 0 Å². The molecule has 1 fully saturated rings. The Morgan fingerprint density at radius 1 is 1.24 bits per heavy atom. The van der Waals surface area contributed by atoms with E-state index in [9.17, 15) is 10.2 Å². The first-order valence-corrected chi connectivity index (χ1v) is 7.95. The Bertz CT molecular complexity index is 469. The Kier molecular flexibility index (Phi) is 4.48. The van der Waals surface area contributed by atoms with Crippen molar-refractivity contribution in [3.8, 4) is 5.75 Å². The Hall–Kier alpha value is -1.10. The highest BCUT2D eigenvalue weighted by atomic mass is 16.5. The quantitative estimate of drug-likeness (QED) is 0.885. The van der Waals surface area contributed by atoms with Gasteiger partial charge in [-0.2, -0.15) is 0 Å².